The van der Waals surface area contributed by atoms with Crippen molar-refractivity contribution in [3.05, 3.63) is 99.6 Å². The maximum atomic E-state index is 2.47. The van der Waals surface area contributed by atoms with E-state index in [1.54, 1.807) is 22.3 Å². The summed E-state index contributed by atoms with van der Waals surface area (Å²) in [5.74, 6) is 0.598. The molecule has 3 aliphatic carbocycles. The second-order valence-corrected chi connectivity index (χ2v) is 8.05. The van der Waals surface area contributed by atoms with E-state index >= 15 is 0 Å². The van der Waals surface area contributed by atoms with Gasteiger partial charge < -0.3 is 0 Å². The second kappa shape index (κ2) is 5.45. The second-order valence-electron chi connectivity index (χ2n) is 8.05. The van der Waals surface area contributed by atoms with Crippen LogP contribution in [-0.4, -0.2) is 0 Å². The summed E-state index contributed by atoms with van der Waals surface area (Å²) >= 11 is 0. The van der Waals surface area contributed by atoms with E-state index in [1.807, 2.05) is 0 Å². The van der Waals surface area contributed by atoms with Crippen LogP contribution in [0.1, 0.15) is 52.1 Å². The Morgan fingerprint density at radius 2 is 1.69 bits per heavy atom. The molecule has 0 N–H and O–H groups in total. The van der Waals surface area contributed by atoms with E-state index in [-0.39, 0.29) is 0 Å². The highest BCUT2D eigenvalue weighted by atomic mass is 14.3. The maximum Gasteiger partial charge on any atom is 0.00607 e. The van der Waals surface area contributed by atoms with E-state index < -0.39 is 0 Å². The predicted octanol–water partition coefficient (Wildman–Crippen LogP) is 6.32. The number of hydrogen-bond acceptors (Lipinski definition) is 0. The van der Waals surface area contributed by atoms with Crippen molar-refractivity contribution in [1.29, 1.82) is 0 Å². The topological polar surface area (TPSA) is 0 Å². The zero-order valence-corrected chi connectivity index (χ0v) is 15.0. The van der Waals surface area contributed by atoms with Crippen molar-refractivity contribution in [3.63, 3.8) is 0 Å². The molecule has 0 aromatic heterocycles. The van der Waals surface area contributed by atoms with E-state index in [1.165, 1.54) is 47.1 Å². The van der Waals surface area contributed by atoms with Gasteiger partial charge in [-0.05, 0) is 76.6 Å². The van der Waals surface area contributed by atoms with Crippen LogP contribution in [-0.2, 0) is 19.3 Å². The van der Waals surface area contributed by atoms with Gasteiger partial charge in [-0.15, -0.1) is 0 Å². The molecule has 0 fully saturated rings. The van der Waals surface area contributed by atoms with Crippen molar-refractivity contribution in [3.8, 4) is 11.1 Å². The zero-order valence-electron chi connectivity index (χ0n) is 15.0. The Kier molecular flexibility index (Phi) is 3.05. The summed E-state index contributed by atoms with van der Waals surface area (Å²) in [6, 6.07) is 23.2. The van der Waals surface area contributed by atoms with Crippen molar-refractivity contribution in [1.82, 2.24) is 0 Å². The number of aryl methyl sites for hydroxylation is 2. The van der Waals surface area contributed by atoms with Crippen LogP contribution in [0.2, 0.25) is 0 Å². The molecule has 3 bridgehead atoms. The third-order valence-corrected chi connectivity index (χ3v) is 6.66. The smallest absolute Gasteiger partial charge is 0.00607 e. The van der Waals surface area contributed by atoms with Gasteiger partial charge in [-0.2, -0.15) is 0 Å². The number of allylic oxidation sites excluding steroid dienone is 1. The van der Waals surface area contributed by atoms with Gasteiger partial charge in [0.25, 0.3) is 0 Å². The molecule has 126 valence electrons. The summed E-state index contributed by atoms with van der Waals surface area (Å²) in [5, 5.41) is 0. The summed E-state index contributed by atoms with van der Waals surface area (Å²) in [6.45, 7) is 0. The van der Waals surface area contributed by atoms with Crippen LogP contribution in [0.5, 0.6) is 0 Å². The molecule has 0 saturated heterocycles. The Hall–Kier alpha value is -2.60. The molecule has 0 heteroatoms. The van der Waals surface area contributed by atoms with Gasteiger partial charge in [0, 0.05) is 5.92 Å². The molecule has 0 nitrogen and oxygen atoms in total. The monoisotopic (exact) mass is 334 g/mol. The first kappa shape index (κ1) is 14.6. The number of fused-ring (bicyclic) bond motifs is 5. The largest absolute Gasteiger partial charge is 0.0619 e. The molecule has 3 aliphatic rings. The Morgan fingerprint density at radius 1 is 0.731 bits per heavy atom. The van der Waals surface area contributed by atoms with Gasteiger partial charge in [-0.1, -0.05) is 72.3 Å². The van der Waals surface area contributed by atoms with Gasteiger partial charge >= 0.3 is 0 Å². The lowest BCUT2D eigenvalue weighted by molar-refractivity contribution is 0.681. The maximum absolute atomic E-state index is 2.47. The molecule has 6 rings (SSSR count). The van der Waals surface area contributed by atoms with Crippen LogP contribution in [0, 0.1) is 0 Å². The molecule has 1 atom stereocenters. The molecule has 0 amide bonds. The SMILES string of the molecule is C1=C2CCc3ccc4c(c3)Cc3c(cccc3-4)CCC2c2ccccc21. The third kappa shape index (κ3) is 2.08. The van der Waals surface area contributed by atoms with Gasteiger partial charge in [0.15, 0.2) is 0 Å². The summed E-state index contributed by atoms with van der Waals surface area (Å²) < 4.78 is 0. The standard InChI is InChI=1S/C26H22/c1-2-6-22-19(4-1)15-20-10-8-17-9-12-24-21(14-17)16-26-18(11-13-23(20)22)5-3-7-25(24)26/h1-7,9,12,14-15,23H,8,10-11,13,16H2. The van der Waals surface area contributed by atoms with Crippen molar-refractivity contribution in [2.45, 2.75) is 38.0 Å². The Bertz CT molecular complexity index is 1070. The number of benzene rings is 3. The van der Waals surface area contributed by atoms with Crippen LogP contribution < -0.4 is 0 Å². The fourth-order valence-electron chi connectivity index (χ4n) is 5.37. The van der Waals surface area contributed by atoms with Crippen LogP contribution in [0.4, 0.5) is 0 Å². The van der Waals surface area contributed by atoms with Crippen molar-refractivity contribution >= 4 is 6.08 Å². The highest BCUT2D eigenvalue weighted by Crippen LogP contribution is 2.44. The minimum absolute atomic E-state index is 0.598. The molecule has 0 spiro atoms. The van der Waals surface area contributed by atoms with E-state index in [0.717, 1.165) is 12.8 Å². The molecular weight excluding hydrogens is 312 g/mol. The molecule has 26 heavy (non-hydrogen) atoms. The number of hydrogen-bond donors (Lipinski definition) is 0. The molecule has 1 unspecified atom stereocenters. The van der Waals surface area contributed by atoms with Crippen molar-refractivity contribution < 1.29 is 0 Å². The first-order valence-electron chi connectivity index (χ1n) is 9.89. The normalized spacial score (nSPS) is 19.4. The minimum atomic E-state index is 0.598. The molecule has 0 heterocycles. The van der Waals surface area contributed by atoms with Gasteiger partial charge in [0.1, 0.15) is 0 Å². The van der Waals surface area contributed by atoms with E-state index in [2.05, 4.69) is 66.7 Å². The average molecular weight is 334 g/mol. The molecule has 0 saturated carbocycles. The number of rotatable bonds is 0. The Morgan fingerprint density at radius 3 is 2.69 bits per heavy atom. The molecule has 0 aliphatic heterocycles. The Balaban J connectivity index is 1.50. The Labute approximate surface area is 155 Å². The van der Waals surface area contributed by atoms with Gasteiger partial charge in [-0.3, -0.25) is 0 Å². The summed E-state index contributed by atoms with van der Waals surface area (Å²) in [6.07, 6.45) is 8.35. The summed E-state index contributed by atoms with van der Waals surface area (Å²) in [5.41, 5.74) is 13.7. The predicted molar refractivity (Wildman–Crippen MR) is 108 cm³/mol. The van der Waals surface area contributed by atoms with Crippen LogP contribution in [0.3, 0.4) is 0 Å². The summed E-state index contributed by atoms with van der Waals surface area (Å²) in [4.78, 5) is 0. The van der Waals surface area contributed by atoms with E-state index in [4.69, 9.17) is 0 Å². The van der Waals surface area contributed by atoms with Gasteiger partial charge in [0.2, 0.25) is 0 Å². The highest BCUT2D eigenvalue weighted by Gasteiger charge is 2.27. The first-order valence-corrected chi connectivity index (χ1v) is 9.89. The molecule has 3 aromatic rings. The van der Waals surface area contributed by atoms with Gasteiger partial charge in [0.05, 0.1) is 0 Å². The summed E-state index contributed by atoms with van der Waals surface area (Å²) in [7, 11) is 0. The molecule has 3 aromatic carbocycles. The lowest BCUT2D eigenvalue weighted by Crippen LogP contribution is -2.04. The molecule has 0 radical (unpaired) electrons. The lowest BCUT2D eigenvalue weighted by atomic mass is 9.86. The van der Waals surface area contributed by atoms with Crippen LogP contribution >= 0.6 is 0 Å². The minimum Gasteiger partial charge on any atom is -0.0619 e. The van der Waals surface area contributed by atoms with Crippen LogP contribution in [0.25, 0.3) is 17.2 Å². The highest BCUT2D eigenvalue weighted by molar-refractivity contribution is 5.78. The van der Waals surface area contributed by atoms with Gasteiger partial charge in [-0.25, -0.2) is 0 Å². The van der Waals surface area contributed by atoms with E-state index in [0.29, 0.717) is 5.92 Å². The lowest BCUT2D eigenvalue weighted by Gasteiger charge is -2.19. The third-order valence-electron chi connectivity index (χ3n) is 6.66. The quantitative estimate of drug-likeness (QED) is 0.353. The zero-order chi connectivity index (χ0) is 17.1. The van der Waals surface area contributed by atoms with Crippen LogP contribution in [0.15, 0.2) is 66.2 Å². The van der Waals surface area contributed by atoms with E-state index in [9.17, 15) is 0 Å². The fraction of sp³-hybridized carbons (Fsp3) is 0.231. The first-order chi connectivity index (χ1) is 12.9. The molecular formula is C26H22. The fourth-order valence-corrected chi connectivity index (χ4v) is 5.37. The van der Waals surface area contributed by atoms with Crippen molar-refractivity contribution in [2.75, 3.05) is 0 Å². The average Bonchev–Trinajstić information content (AvgIpc) is 3.21. The van der Waals surface area contributed by atoms with Crippen molar-refractivity contribution in [2.24, 2.45) is 0 Å².